The summed E-state index contributed by atoms with van der Waals surface area (Å²) in [4.78, 5) is 14.2. The molecule has 108 valence electrons. The smallest absolute Gasteiger partial charge is 0.134 e. The van der Waals surface area contributed by atoms with Crippen LogP contribution in [0.3, 0.4) is 0 Å². The predicted octanol–water partition coefficient (Wildman–Crippen LogP) is 5.62. The molecule has 0 aliphatic rings. The summed E-state index contributed by atoms with van der Waals surface area (Å²) in [5, 5.41) is 2.87. The maximum absolute atomic E-state index is 8.70. The maximum atomic E-state index is 8.70. The number of benzene rings is 2. The van der Waals surface area contributed by atoms with E-state index in [-0.39, 0.29) is 0 Å². The maximum Gasteiger partial charge on any atom is 0.692 e. The molecule has 0 radical (unpaired) electrons. The first-order valence-electron chi connectivity index (χ1n) is 4.98. The minimum Gasteiger partial charge on any atom is -0.134 e. The minimum atomic E-state index is -2.87. The van der Waals surface area contributed by atoms with Gasteiger partial charge in [0.05, 0.1) is 0 Å². The van der Waals surface area contributed by atoms with Crippen LogP contribution >= 0.6 is 54.7 Å². The molecule has 20 heavy (non-hydrogen) atoms. The summed E-state index contributed by atoms with van der Waals surface area (Å²) in [5.41, 5.74) is 0. The third-order valence-corrected chi connectivity index (χ3v) is 2.61. The first kappa shape index (κ1) is 19.6. The summed E-state index contributed by atoms with van der Waals surface area (Å²) in [7, 11) is -2.87. The Bertz CT molecular complexity index is 428. The predicted molar refractivity (Wildman–Crippen MR) is 85.0 cm³/mol. The molecule has 0 spiro atoms. The largest absolute Gasteiger partial charge is 0.692 e. The summed E-state index contributed by atoms with van der Waals surface area (Å²) < 4.78 is 8.70. The van der Waals surface area contributed by atoms with Crippen molar-refractivity contribution in [3.8, 4) is 0 Å². The Labute approximate surface area is 137 Å². The molecule has 0 heterocycles. The van der Waals surface area contributed by atoms with Crippen molar-refractivity contribution in [2.45, 2.75) is 0 Å². The van der Waals surface area contributed by atoms with Gasteiger partial charge in [0.25, 0.3) is 0 Å². The lowest BCUT2D eigenvalue weighted by Gasteiger charge is -1.86. The highest BCUT2D eigenvalue weighted by atomic mass is 35.5. The Kier molecular flexibility index (Phi) is 11.1. The first-order chi connectivity index (χ1) is 9.31. The lowest BCUT2D eigenvalue weighted by Crippen LogP contribution is -1.60. The van der Waals surface area contributed by atoms with E-state index in [0.717, 1.165) is 20.1 Å². The molecule has 0 unspecified atom stereocenters. The molecule has 0 amide bonds. The molecule has 2 aromatic rings. The van der Waals surface area contributed by atoms with Gasteiger partial charge in [0, 0.05) is 24.7 Å². The highest BCUT2D eigenvalue weighted by Crippen LogP contribution is 2.13. The van der Waals surface area contributed by atoms with Crippen LogP contribution in [0.5, 0.6) is 0 Å². The molecule has 0 atom stereocenters. The van der Waals surface area contributed by atoms with E-state index in [0.29, 0.717) is 0 Å². The Morgan fingerprint density at radius 1 is 0.600 bits per heavy atom. The molecule has 8 heteroatoms. The third kappa shape index (κ3) is 12.6. The van der Waals surface area contributed by atoms with Crippen LogP contribution in [0, 0.1) is 0 Å². The zero-order chi connectivity index (χ0) is 15.5. The lowest BCUT2D eigenvalue weighted by atomic mass is 10.4. The van der Waals surface area contributed by atoms with Crippen molar-refractivity contribution in [2.24, 2.45) is 0 Å². The van der Waals surface area contributed by atoms with Crippen molar-refractivity contribution in [1.29, 1.82) is 0 Å². The van der Waals surface area contributed by atoms with Gasteiger partial charge in [-0.25, -0.2) is 0 Å². The average Bonchev–Trinajstić information content (AvgIpc) is 2.37. The SMILES string of the molecule is Clc1ccc(Cl)cc1.Clc1ccc(Cl)cc1.O=[P+](O)O. The van der Waals surface area contributed by atoms with E-state index in [4.69, 9.17) is 60.8 Å². The normalized spacial score (nSPS) is 8.70. The topological polar surface area (TPSA) is 57.5 Å². The third-order valence-electron chi connectivity index (χ3n) is 1.61. The van der Waals surface area contributed by atoms with Gasteiger partial charge in [0.1, 0.15) is 0 Å². The Morgan fingerprint density at radius 3 is 0.800 bits per heavy atom. The van der Waals surface area contributed by atoms with Gasteiger partial charge in [-0.15, -0.1) is 9.79 Å². The van der Waals surface area contributed by atoms with Crippen molar-refractivity contribution in [1.82, 2.24) is 0 Å². The molecule has 2 N–H and O–H groups in total. The second-order valence-corrected chi connectivity index (χ2v) is 5.38. The second kappa shape index (κ2) is 11.3. The summed E-state index contributed by atoms with van der Waals surface area (Å²) in [6.45, 7) is 0. The molecule has 0 bridgehead atoms. The van der Waals surface area contributed by atoms with Crippen LogP contribution in [0.4, 0.5) is 0 Å². The van der Waals surface area contributed by atoms with Crippen molar-refractivity contribution in [3.05, 3.63) is 68.6 Å². The lowest BCUT2D eigenvalue weighted by molar-refractivity contribution is 0.405. The molecule has 0 saturated carbocycles. The molecule has 2 rings (SSSR count). The molecule has 0 saturated heterocycles. The summed E-state index contributed by atoms with van der Waals surface area (Å²) in [5.74, 6) is 0. The Morgan fingerprint density at radius 2 is 0.700 bits per heavy atom. The van der Waals surface area contributed by atoms with Crippen molar-refractivity contribution < 1.29 is 14.4 Å². The fourth-order valence-corrected chi connectivity index (χ4v) is 1.36. The van der Waals surface area contributed by atoms with Crippen LogP contribution in [0.1, 0.15) is 0 Å². The van der Waals surface area contributed by atoms with Gasteiger partial charge < -0.3 is 0 Å². The standard InChI is InChI=1S/2C6H4Cl2.HO3P/c2*7-5-1-2-6(8)4-3-5;1-4(2)3/h2*1-4H;(H-,1,2,3)/p+1. The van der Waals surface area contributed by atoms with Gasteiger partial charge in [-0.2, -0.15) is 0 Å². The molecule has 0 aromatic heterocycles. The van der Waals surface area contributed by atoms with E-state index in [2.05, 4.69) is 0 Å². The quantitative estimate of drug-likeness (QED) is 0.588. The van der Waals surface area contributed by atoms with E-state index >= 15 is 0 Å². The molecule has 0 fully saturated rings. The van der Waals surface area contributed by atoms with Gasteiger partial charge in [0.15, 0.2) is 0 Å². The Balaban J connectivity index is 0.000000289. The van der Waals surface area contributed by atoms with Crippen LogP contribution in [-0.2, 0) is 4.57 Å². The van der Waals surface area contributed by atoms with Gasteiger partial charge in [0.2, 0.25) is 0 Å². The monoisotopic (exact) mass is 373 g/mol. The minimum absolute atomic E-state index is 0.717. The molecule has 0 aliphatic carbocycles. The first-order valence-corrected chi connectivity index (χ1v) is 7.66. The number of hydrogen-bond acceptors (Lipinski definition) is 1. The molecular formula is C12H10Cl4O3P+. The van der Waals surface area contributed by atoms with Crippen molar-refractivity contribution in [3.63, 3.8) is 0 Å². The number of rotatable bonds is 0. The second-order valence-electron chi connectivity index (χ2n) is 3.13. The van der Waals surface area contributed by atoms with E-state index in [9.17, 15) is 0 Å². The van der Waals surface area contributed by atoms with Crippen LogP contribution in [0.2, 0.25) is 20.1 Å². The van der Waals surface area contributed by atoms with Crippen LogP contribution in [0.15, 0.2) is 48.5 Å². The summed E-state index contributed by atoms with van der Waals surface area (Å²) >= 11 is 22.2. The highest BCUT2D eigenvalue weighted by molar-refractivity contribution is 7.30. The number of hydrogen-bond donors (Lipinski definition) is 2. The molecule has 2 aromatic carbocycles. The van der Waals surface area contributed by atoms with Gasteiger partial charge in [-0.1, -0.05) is 46.4 Å². The van der Waals surface area contributed by atoms with Gasteiger partial charge in [-0.05, 0) is 48.5 Å². The zero-order valence-electron chi connectivity index (χ0n) is 9.88. The van der Waals surface area contributed by atoms with Crippen molar-refractivity contribution in [2.75, 3.05) is 0 Å². The van der Waals surface area contributed by atoms with Crippen LogP contribution in [-0.4, -0.2) is 9.79 Å². The fourth-order valence-electron chi connectivity index (χ4n) is 0.859. The van der Waals surface area contributed by atoms with Gasteiger partial charge >= 0.3 is 8.25 Å². The van der Waals surface area contributed by atoms with E-state index in [1.165, 1.54) is 0 Å². The van der Waals surface area contributed by atoms with E-state index in [1.54, 1.807) is 48.5 Å². The van der Waals surface area contributed by atoms with Crippen LogP contribution in [0.25, 0.3) is 0 Å². The average molecular weight is 375 g/mol. The summed E-state index contributed by atoms with van der Waals surface area (Å²) in [6.07, 6.45) is 0. The zero-order valence-corrected chi connectivity index (χ0v) is 13.8. The number of halogens is 4. The fraction of sp³-hybridized carbons (Fsp3) is 0. The van der Waals surface area contributed by atoms with Gasteiger partial charge in [-0.3, -0.25) is 0 Å². The highest BCUT2D eigenvalue weighted by Gasteiger charge is 1.93. The van der Waals surface area contributed by atoms with E-state index < -0.39 is 8.25 Å². The van der Waals surface area contributed by atoms with Crippen molar-refractivity contribution >= 4 is 54.7 Å². The molecule has 0 aliphatic heterocycles. The van der Waals surface area contributed by atoms with E-state index in [1.807, 2.05) is 0 Å². The Hall–Kier alpha value is -0.380. The molecule has 3 nitrogen and oxygen atoms in total. The molecular weight excluding hydrogens is 365 g/mol. The van der Waals surface area contributed by atoms with Crippen LogP contribution < -0.4 is 0 Å². The summed E-state index contributed by atoms with van der Waals surface area (Å²) in [6, 6.07) is 14.0.